The van der Waals surface area contributed by atoms with Crippen molar-refractivity contribution in [2.45, 2.75) is 52.0 Å². The molecule has 90 valence electrons. The van der Waals surface area contributed by atoms with Gasteiger partial charge in [-0.1, -0.05) is 12.8 Å². The summed E-state index contributed by atoms with van der Waals surface area (Å²) in [5.74, 6) is 0.0289. The molecule has 0 radical (unpaired) electrons. The van der Waals surface area contributed by atoms with Crippen LogP contribution in [-0.2, 0) is 4.79 Å². The Morgan fingerprint density at radius 2 is 1.75 bits per heavy atom. The van der Waals surface area contributed by atoms with E-state index in [9.17, 15) is 9.59 Å². The fourth-order valence-corrected chi connectivity index (χ4v) is 2.78. The molecule has 1 saturated carbocycles. The molecule has 4 heteroatoms. The topological polar surface area (TPSA) is 49.4 Å². The number of carbonyl (C=O) groups is 2. The monoisotopic (exact) mass is 224 g/mol. The second-order valence-corrected chi connectivity index (χ2v) is 5.96. The molecule has 0 unspecified atom stereocenters. The predicted octanol–water partition coefficient (Wildman–Crippen LogP) is 1.90. The summed E-state index contributed by atoms with van der Waals surface area (Å²) in [5, 5.41) is 2.87. The summed E-state index contributed by atoms with van der Waals surface area (Å²) >= 11 is 0. The van der Waals surface area contributed by atoms with E-state index < -0.39 is 5.54 Å². The number of imide groups is 1. The Kier molecular flexibility index (Phi) is 2.48. The number of carbonyl (C=O) groups excluding carboxylic acids is 2. The summed E-state index contributed by atoms with van der Waals surface area (Å²) in [6.07, 6.45) is 4.02. The van der Waals surface area contributed by atoms with Gasteiger partial charge in [-0.15, -0.1) is 0 Å². The van der Waals surface area contributed by atoms with Gasteiger partial charge in [0.1, 0.15) is 0 Å². The first-order chi connectivity index (χ1) is 7.37. The number of nitrogens with one attached hydrogen (secondary N) is 1. The second kappa shape index (κ2) is 3.47. The van der Waals surface area contributed by atoms with Crippen LogP contribution < -0.4 is 5.32 Å². The highest BCUT2D eigenvalue weighted by Gasteiger charge is 2.51. The van der Waals surface area contributed by atoms with E-state index in [1.807, 2.05) is 20.8 Å². The largest absolute Gasteiger partial charge is 0.337 e. The van der Waals surface area contributed by atoms with E-state index >= 15 is 0 Å². The lowest BCUT2D eigenvalue weighted by atomic mass is 9.81. The SMILES string of the molecule is CC(C)(C)N1C(=O)NCC2(CCCC2)C1=O. The van der Waals surface area contributed by atoms with Crippen molar-refractivity contribution in [3.05, 3.63) is 0 Å². The van der Waals surface area contributed by atoms with Crippen molar-refractivity contribution in [3.63, 3.8) is 0 Å². The van der Waals surface area contributed by atoms with E-state index in [-0.39, 0.29) is 17.4 Å². The maximum atomic E-state index is 12.5. The number of amides is 3. The van der Waals surface area contributed by atoms with Crippen LogP contribution in [0.5, 0.6) is 0 Å². The first-order valence-electron chi connectivity index (χ1n) is 5.99. The molecule has 0 aromatic heterocycles. The highest BCUT2D eigenvalue weighted by Crippen LogP contribution is 2.42. The molecular weight excluding hydrogens is 204 g/mol. The van der Waals surface area contributed by atoms with Crippen molar-refractivity contribution in [2.75, 3.05) is 6.54 Å². The van der Waals surface area contributed by atoms with Crippen LogP contribution in [0, 0.1) is 5.41 Å². The Morgan fingerprint density at radius 1 is 1.19 bits per heavy atom. The Morgan fingerprint density at radius 3 is 2.25 bits per heavy atom. The number of hydrogen-bond donors (Lipinski definition) is 1. The Bertz CT molecular complexity index is 324. The van der Waals surface area contributed by atoms with Gasteiger partial charge in [-0.25, -0.2) is 4.79 Å². The molecule has 1 aliphatic heterocycles. The summed E-state index contributed by atoms with van der Waals surface area (Å²) in [6, 6.07) is -0.241. The van der Waals surface area contributed by atoms with Crippen LogP contribution in [0.2, 0.25) is 0 Å². The average molecular weight is 224 g/mol. The molecule has 2 fully saturated rings. The molecule has 1 heterocycles. The van der Waals surface area contributed by atoms with Gasteiger partial charge in [0.15, 0.2) is 0 Å². The summed E-state index contributed by atoms with van der Waals surface area (Å²) in [6.45, 7) is 6.23. The fraction of sp³-hybridized carbons (Fsp3) is 0.833. The molecule has 2 aliphatic rings. The van der Waals surface area contributed by atoms with Gasteiger partial charge < -0.3 is 5.32 Å². The van der Waals surface area contributed by atoms with Crippen LogP contribution in [0.1, 0.15) is 46.5 Å². The van der Waals surface area contributed by atoms with Gasteiger partial charge in [-0.3, -0.25) is 9.69 Å². The van der Waals surface area contributed by atoms with E-state index in [0.29, 0.717) is 6.54 Å². The van der Waals surface area contributed by atoms with Gasteiger partial charge in [0.2, 0.25) is 5.91 Å². The summed E-state index contributed by atoms with van der Waals surface area (Å²) in [7, 11) is 0. The first kappa shape index (κ1) is 11.4. The molecule has 2 rings (SSSR count). The molecule has 0 atom stereocenters. The van der Waals surface area contributed by atoms with Crippen molar-refractivity contribution < 1.29 is 9.59 Å². The Hall–Kier alpha value is -1.06. The Balaban J connectivity index is 2.30. The van der Waals surface area contributed by atoms with Crippen molar-refractivity contribution in [2.24, 2.45) is 5.41 Å². The van der Waals surface area contributed by atoms with E-state index in [4.69, 9.17) is 0 Å². The molecule has 1 N–H and O–H groups in total. The van der Waals surface area contributed by atoms with Crippen molar-refractivity contribution in [1.29, 1.82) is 0 Å². The van der Waals surface area contributed by atoms with Crippen LogP contribution in [0.3, 0.4) is 0 Å². The fourth-order valence-electron chi connectivity index (χ4n) is 2.78. The molecular formula is C12H20N2O2. The summed E-state index contributed by atoms with van der Waals surface area (Å²) in [4.78, 5) is 25.7. The minimum atomic E-state index is -0.433. The van der Waals surface area contributed by atoms with Crippen LogP contribution in [0.4, 0.5) is 4.79 Å². The maximum absolute atomic E-state index is 12.5. The normalized spacial score (nSPS) is 25.1. The molecule has 3 amide bonds. The van der Waals surface area contributed by atoms with Crippen LogP contribution in [0.15, 0.2) is 0 Å². The van der Waals surface area contributed by atoms with E-state index in [1.165, 1.54) is 4.90 Å². The van der Waals surface area contributed by atoms with Crippen LogP contribution in [0.25, 0.3) is 0 Å². The third kappa shape index (κ3) is 1.60. The second-order valence-electron chi connectivity index (χ2n) is 5.96. The lowest BCUT2D eigenvalue weighted by Gasteiger charge is -2.44. The minimum absolute atomic E-state index is 0.0289. The number of hydrogen-bond acceptors (Lipinski definition) is 2. The number of rotatable bonds is 0. The van der Waals surface area contributed by atoms with Gasteiger partial charge in [0, 0.05) is 12.1 Å². The molecule has 0 aromatic rings. The van der Waals surface area contributed by atoms with E-state index in [1.54, 1.807) is 0 Å². The predicted molar refractivity (Wildman–Crippen MR) is 60.9 cm³/mol. The molecule has 1 spiro atoms. The highest BCUT2D eigenvalue weighted by atomic mass is 16.2. The van der Waals surface area contributed by atoms with Crippen molar-refractivity contribution in [3.8, 4) is 0 Å². The smallest absolute Gasteiger partial charge is 0.324 e. The van der Waals surface area contributed by atoms with Crippen LogP contribution >= 0.6 is 0 Å². The van der Waals surface area contributed by atoms with E-state index in [2.05, 4.69) is 5.32 Å². The minimum Gasteiger partial charge on any atom is -0.337 e. The van der Waals surface area contributed by atoms with Gasteiger partial charge in [0.05, 0.1) is 5.41 Å². The molecule has 4 nitrogen and oxygen atoms in total. The lowest BCUT2D eigenvalue weighted by molar-refractivity contribution is -0.144. The molecule has 16 heavy (non-hydrogen) atoms. The molecule has 1 aliphatic carbocycles. The Labute approximate surface area is 96.4 Å². The zero-order valence-electron chi connectivity index (χ0n) is 10.3. The van der Waals surface area contributed by atoms with Gasteiger partial charge >= 0.3 is 6.03 Å². The van der Waals surface area contributed by atoms with E-state index in [0.717, 1.165) is 25.7 Å². The lowest BCUT2D eigenvalue weighted by Crippen LogP contribution is -2.64. The van der Waals surface area contributed by atoms with Crippen molar-refractivity contribution >= 4 is 11.9 Å². The van der Waals surface area contributed by atoms with Gasteiger partial charge in [0.25, 0.3) is 0 Å². The third-order valence-electron chi connectivity index (χ3n) is 3.67. The zero-order chi connectivity index (χ0) is 12.0. The molecule has 0 aromatic carbocycles. The highest BCUT2D eigenvalue weighted by molar-refractivity contribution is 6.01. The molecule has 1 saturated heterocycles. The first-order valence-corrected chi connectivity index (χ1v) is 5.99. The van der Waals surface area contributed by atoms with Crippen LogP contribution in [-0.4, -0.2) is 28.9 Å². The van der Waals surface area contributed by atoms with Gasteiger partial charge in [-0.05, 0) is 33.6 Å². The standard InChI is InChI=1S/C12H20N2O2/c1-11(2,3)14-9(15)12(6-4-5-7-12)8-13-10(14)16/h4-8H2,1-3H3,(H,13,16). The maximum Gasteiger partial charge on any atom is 0.324 e. The number of urea groups is 1. The summed E-state index contributed by atoms with van der Waals surface area (Å²) < 4.78 is 0. The van der Waals surface area contributed by atoms with Crippen molar-refractivity contribution in [1.82, 2.24) is 10.2 Å². The molecule has 0 bridgehead atoms. The summed E-state index contributed by atoms with van der Waals surface area (Å²) in [5.41, 5.74) is -0.738. The third-order valence-corrected chi connectivity index (χ3v) is 3.67. The number of nitrogens with zero attached hydrogens (tertiary/aromatic N) is 1. The quantitative estimate of drug-likeness (QED) is 0.683. The zero-order valence-corrected chi connectivity index (χ0v) is 10.3. The average Bonchev–Trinajstić information content (AvgIpc) is 2.60. The van der Waals surface area contributed by atoms with Gasteiger partial charge in [-0.2, -0.15) is 0 Å².